The minimum Gasteiger partial charge on any atom is -0.481 e. The highest BCUT2D eigenvalue weighted by Gasteiger charge is 2.48. The van der Waals surface area contributed by atoms with E-state index in [9.17, 15) is 14.0 Å². The van der Waals surface area contributed by atoms with E-state index in [0.717, 1.165) is 12.1 Å². The van der Waals surface area contributed by atoms with E-state index < -0.39 is 29.4 Å². The van der Waals surface area contributed by atoms with Gasteiger partial charge in [0.25, 0.3) is 0 Å². The maximum absolute atomic E-state index is 13.4. The number of aliphatic carboxylic acids is 1. The molecule has 0 aromatic heterocycles. The monoisotopic (exact) mass is 233 g/mol. The zero-order valence-electron chi connectivity index (χ0n) is 8.68. The Morgan fingerprint density at radius 1 is 1.41 bits per heavy atom. The predicted octanol–water partition coefficient (Wildman–Crippen LogP) is 1.60. The molecule has 1 fully saturated rings. The molecule has 86 valence electrons. The van der Waals surface area contributed by atoms with E-state index in [2.05, 4.69) is 0 Å². The van der Waals surface area contributed by atoms with Crippen molar-refractivity contribution < 1.29 is 19.1 Å². The zero-order valence-corrected chi connectivity index (χ0v) is 8.68. The Kier molecular flexibility index (Phi) is 2.64. The quantitative estimate of drug-likeness (QED) is 0.804. The van der Waals surface area contributed by atoms with E-state index in [1.807, 2.05) is 6.07 Å². The highest BCUT2D eigenvalue weighted by Crippen LogP contribution is 2.41. The van der Waals surface area contributed by atoms with Crippen LogP contribution in [0.25, 0.3) is 0 Å². The van der Waals surface area contributed by atoms with E-state index in [1.165, 1.54) is 6.07 Å². The van der Waals surface area contributed by atoms with Gasteiger partial charge in [0.2, 0.25) is 0 Å². The zero-order chi connectivity index (χ0) is 12.6. The van der Waals surface area contributed by atoms with E-state index in [1.54, 1.807) is 0 Å². The summed E-state index contributed by atoms with van der Waals surface area (Å²) in [5.74, 6) is -3.67. The Morgan fingerprint density at radius 3 is 2.65 bits per heavy atom. The summed E-state index contributed by atoms with van der Waals surface area (Å²) in [7, 11) is 0. The molecule has 1 aliphatic carbocycles. The molecule has 0 radical (unpaired) electrons. The fraction of sp³-hybridized carbons (Fsp3) is 0.250. The summed E-state index contributed by atoms with van der Waals surface area (Å²) in [6.45, 7) is 0. The van der Waals surface area contributed by atoms with Crippen LogP contribution < -0.4 is 0 Å². The Bertz CT molecular complexity index is 547. The summed E-state index contributed by atoms with van der Waals surface area (Å²) in [5.41, 5.74) is -0.0138. The van der Waals surface area contributed by atoms with Crippen molar-refractivity contribution in [3.8, 4) is 6.07 Å². The first-order valence-corrected chi connectivity index (χ1v) is 5.01. The summed E-state index contributed by atoms with van der Waals surface area (Å²) in [4.78, 5) is 22.4. The van der Waals surface area contributed by atoms with Crippen molar-refractivity contribution in [1.29, 1.82) is 5.26 Å². The second-order valence-corrected chi connectivity index (χ2v) is 3.96. The molecule has 1 saturated carbocycles. The molecule has 2 atom stereocenters. The van der Waals surface area contributed by atoms with Gasteiger partial charge in [-0.2, -0.15) is 5.26 Å². The van der Waals surface area contributed by atoms with Gasteiger partial charge in [-0.3, -0.25) is 9.59 Å². The van der Waals surface area contributed by atoms with Gasteiger partial charge in [0.1, 0.15) is 5.82 Å². The van der Waals surface area contributed by atoms with Gasteiger partial charge in [-0.05, 0) is 24.6 Å². The van der Waals surface area contributed by atoms with Gasteiger partial charge in [0, 0.05) is 5.92 Å². The Hall–Kier alpha value is -2.22. The maximum Gasteiger partial charge on any atom is 0.307 e. The molecule has 5 heteroatoms. The summed E-state index contributed by atoms with van der Waals surface area (Å²) < 4.78 is 13.4. The third kappa shape index (κ3) is 2.02. The van der Waals surface area contributed by atoms with Gasteiger partial charge in [0.05, 0.1) is 23.1 Å². The lowest BCUT2D eigenvalue weighted by Crippen LogP contribution is -2.10. The number of carbonyl (C=O) groups is 2. The van der Waals surface area contributed by atoms with Crippen LogP contribution >= 0.6 is 0 Å². The summed E-state index contributed by atoms with van der Waals surface area (Å²) >= 11 is 0. The van der Waals surface area contributed by atoms with Crippen molar-refractivity contribution in [2.45, 2.75) is 6.42 Å². The lowest BCUT2D eigenvalue weighted by Gasteiger charge is -2.01. The van der Waals surface area contributed by atoms with E-state index in [-0.39, 0.29) is 17.5 Å². The van der Waals surface area contributed by atoms with Crippen molar-refractivity contribution in [2.75, 3.05) is 0 Å². The van der Waals surface area contributed by atoms with Crippen LogP contribution in [0.3, 0.4) is 0 Å². The van der Waals surface area contributed by atoms with Crippen molar-refractivity contribution in [3.05, 3.63) is 35.1 Å². The summed E-state index contributed by atoms with van der Waals surface area (Å²) in [6.07, 6.45) is 0.240. The number of carboxylic acid groups (broad SMARTS) is 1. The van der Waals surface area contributed by atoms with Gasteiger partial charge in [-0.25, -0.2) is 4.39 Å². The first kappa shape index (κ1) is 11.3. The molecule has 1 aromatic carbocycles. The van der Waals surface area contributed by atoms with Crippen molar-refractivity contribution >= 4 is 11.8 Å². The van der Waals surface area contributed by atoms with E-state index in [4.69, 9.17) is 10.4 Å². The first-order chi connectivity index (χ1) is 8.04. The van der Waals surface area contributed by atoms with Crippen LogP contribution in [-0.2, 0) is 4.79 Å². The second-order valence-electron chi connectivity index (χ2n) is 3.96. The number of hydrogen-bond donors (Lipinski definition) is 1. The minimum atomic E-state index is -1.04. The number of halogens is 1. The highest BCUT2D eigenvalue weighted by atomic mass is 19.1. The number of rotatable bonds is 3. The lowest BCUT2D eigenvalue weighted by atomic mass is 10.0. The molecule has 0 bridgehead atoms. The molecular weight excluding hydrogens is 225 g/mol. The summed E-state index contributed by atoms with van der Waals surface area (Å²) in [5, 5.41) is 17.3. The first-order valence-electron chi connectivity index (χ1n) is 5.01. The fourth-order valence-electron chi connectivity index (χ4n) is 1.74. The minimum absolute atomic E-state index is 0.183. The highest BCUT2D eigenvalue weighted by molar-refractivity contribution is 6.03. The third-order valence-corrected chi connectivity index (χ3v) is 2.81. The van der Waals surface area contributed by atoms with Crippen molar-refractivity contribution in [3.63, 3.8) is 0 Å². The molecule has 1 aromatic rings. The van der Waals surface area contributed by atoms with Crippen molar-refractivity contribution in [1.82, 2.24) is 0 Å². The lowest BCUT2D eigenvalue weighted by molar-refractivity contribution is -0.138. The predicted molar refractivity (Wildman–Crippen MR) is 54.7 cm³/mol. The average molecular weight is 233 g/mol. The van der Waals surface area contributed by atoms with Gasteiger partial charge < -0.3 is 5.11 Å². The molecule has 0 saturated heterocycles. The van der Waals surface area contributed by atoms with Crippen LogP contribution in [0.15, 0.2) is 18.2 Å². The Labute approximate surface area is 96.3 Å². The van der Waals surface area contributed by atoms with E-state index in [0.29, 0.717) is 0 Å². The average Bonchev–Trinajstić information content (AvgIpc) is 3.09. The SMILES string of the molecule is N#Cc1ccc(F)c(C(=O)C2CC2C(=O)O)c1. The van der Waals surface area contributed by atoms with E-state index >= 15 is 0 Å². The standard InChI is InChI=1S/C12H8FNO3/c13-10-2-1-6(5-14)3-9(10)11(15)7-4-8(7)12(16)17/h1-3,7-8H,4H2,(H,16,17). The van der Waals surface area contributed by atoms with Gasteiger partial charge >= 0.3 is 5.97 Å². The topological polar surface area (TPSA) is 78.2 Å². The van der Waals surface area contributed by atoms with Crippen LogP contribution in [0.4, 0.5) is 4.39 Å². The largest absolute Gasteiger partial charge is 0.481 e. The normalized spacial score (nSPS) is 21.6. The fourth-order valence-corrected chi connectivity index (χ4v) is 1.74. The number of Topliss-reactive ketones (excluding diaryl/α,β-unsaturated/α-hetero) is 1. The molecule has 17 heavy (non-hydrogen) atoms. The molecule has 0 spiro atoms. The van der Waals surface area contributed by atoms with Gasteiger partial charge in [0.15, 0.2) is 5.78 Å². The molecule has 0 heterocycles. The Morgan fingerprint density at radius 2 is 2.12 bits per heavy atom. The van der Waals surface area contributed by atoms with Crippen LogP contribution in [0.1, 0.15) is 22.3 Å². The summed E-state index contributed by atoms with van der Waals surface area (Å²) in [6, 6.07) is 5.29. The molecule has 2 unspecified atom stereocenters. The van der Waals surface area contributed by atoms with Gasteiger partial charge in [-0.1, -0.05) is 0 Å². The second kappa shape index (κ2) is 3.98. The molecule has 4 nitrogen and oxygen atoms in total. The van der Waals surface area contributed by atoms with Crippen molar-refractivity contribution in [2.24, 2.45) is 11.8 Å². The smallest absolute Gasteiger partial charge is 0.307 e. The number of nitriles is 1. The number of nitrogens with zero attached hydrogens (tertiary/aromatic N) is 1. The van der Waals surface area contributed by atoms with Gasteiger partial charge in [-0.15, -0.1) is 0 Å². The number of ketones is 1. The molecular formula is C12H8FNO3. The van der Waals surface area contributed by atoms with Crippen LogP contribution in [0, 0.1) is 29.0 Å². The van der Waals surface area contributed by atoms with Crippen LogP contribution in [-0.4, -0.2) is 16.9 Å². The number of carbonyl (C=O) groups excluding carboxylic acids is 1. The number of benzene rings is 1. The third-order valence-electron chi connectivity index (χ3n) is 2.81. The molecule has 1 aliphatic rings. The van der Waals surface area contributed by atoms with Crippen LogP contribution in [0.5, 0.6) is 0 Å². The van der Waals surface area contributed by atoms with Crippen LogP contribution in [0.2, 0.25) is 0 Å². The maximum atomic E-state index is 13.4. The number of hydrogen-bond acceptors (Lipinski definition) is 3. The number of carboxylic acids is 1. The Balaban J connectivity index is 2.27. The molecule has 1 N–H and O–H groups in total. The molecule has 0 aliphatic heterocycles. The molecule has 0 amide bonds. The molecule has 2 rings (SSSR count).